The third-order valence-corrected chi connectivity index (χ3v) is 5.80. The molecule has 144 valence electrons. The summed E-state index contributed by atoms with van der Waals surface area (Å²) in [6, 6.07) is 4.73. The maximum absolute atomic E-state index is 12.9. The molecular weight excluding hydrogens is 374 g/mol. The molecule has 0 bridgehead atoms. The van der Waals surface area contributed by atoms with Gasteiger partial charge in [-0.05, 0) is 44.3 Å². The molecule has 1 saturated heterocycles. The largest absolute Gasteiger partial charge is 0.492 e. The number of rotatable bonds is 7. The Morgan fingerprint density at radius 1 is 1.38 bits per heavy atom. The lowest BCUT2D eigenvalue weighted by Gasteiger charge is -2.26. The van der Waals surface area contributed by atoms with Crippen LogP contribution in [-0.2, 0) is 14.8 Å². The van der Waals surface area contributed by atoms with Crippen molar-refractivity contribution in [3.63, 3.8) is 0 Å². The first-order valence-electron chi connectivity index (χ1n) is 8.38. The normalized spacial score (nSPS) is 15.3. The van der Waals surface area contributed by atoms with Crippen LogP contribution in [0.25, 0.3) is 0 Å². The summed E-state index contributed by atoms with van der Waals surface area (Å²) in [5.41, 5.74) is 1.43. The Balaban J connectivity index is 2.26. The van der Waals surface area contributed by atoms with Crippen LogP contribution in [0.2, 0.25) is 0 Å². The van der Waals surface area contributed by atoms with Crippen molar-refractivity contribution in [1.29, 1.82) is 0 Å². The zero-order valence-corrected chi connectivity index (χ0v) is 16.7. The summed E-state index contributed by atoms with van der Waals surface area (Å²) in [6.45, 7) is 10.0. The van der Waals surface area contributed by atoms with E-state index in [0.717, 1.165) is 5.57 Å². The number of ether oxygens (including phenoxy) is 2. The van der Waals surface area contributed by atoms with Gasteiger partial charge in [0.1, 0.15) is 5.75 Å². The highest BCUT2D eigenvalue weighted by molar-refractivity contribution is 7.89. The van der Waals surface area contributed by atoms with Crippen LogP contribution < -0.4 is 15.4 Å². The van der Waals surface area contributed by atoms with Gasteiger partial charge in [0.25, 0.3) is 0 Å². The lowest BCUT2D eigenvalue weighted by atomic mass is 10.3. The van der Waals surface area contributed by atoms with Gasteiger partial charge in [-0.25, -0.2) is 8.42 Å². The SMILES string of the molecule is C=C(C)CNC(=S)Nc1cc(S(=O)(=O)N2CCOCC2)ccc1OCC. The van der Waals surface area contributed by atoms with Crippen LogP contribution in [0.15, 0.2) is 35.2 Å². The summed E-state index contributed by atoms with van der Waals surface area (Å²) in [6.07, 6.45) is 0. The van der Waals surface area contributed by atoms with Crippen LogP contribution in [0, 0.1) is 0 Å². The summed E-state index contributed by atoms with van der Waals surface area (Å²) in [5, 5.41) is 6.39. The predicted octanol–water partition coefficient (Wildman–Crippen LogP) is 1.97. The minimum Gasteiger partial charge on any atom is -0.492 e. The number of anilines is 1. The number of morpholine rings is 1. The second-order valence-corrected chi connectivity index (χ2v) is 8.22. The minimum atomic E-state index is -3.60. The lowest BCUT2D eigenvalue weighted by Crippen LogP contribution is -2.40. The highest BCUT2D eigenvalue weighted by Gasteiger charge is 2.27. The van der Waals surface area contributed by atoms with E-state index < -0.39 is 10.0 Å². The number of sulfonamides is 1. The monoisotopic (exact) mass is 399 g/mol. The molecule has 0 radical (unpaired) electrons. The van der Waals surface area contributed by atoms with Gasteiger partial charge in [-0.3, -0.25) is 0 Å². The Morgan fingerprint density at radius 3 is 2.69 bits per heavy atom. The first-order valence-corrected chi connectivity index (χ1v) is 10.2. The predicted molar refractivity (Wildman–Crippen MR) is 106 cm³/mol. The third-order valence-electron chi connectivity index (χ3n) is 3.66. The maximum atomic E-state index is 12.9. The van der Waals surface area contributed by atoms with Gasteiger partial charge in [0, 0.05) is 19.6 Å². The molecule has 2 N–H and O–H groups in total. The van der Waals surface area contributed by atoms with Crippen LogP contribution >= 0.6 is 12.2 Å². The van der Waals surface area contributed by atoms with E-state index in [1.165, 1.54) is 4.31 Å². The van der Waals surface area contributed by atoms with Gasteiger partial charge < -0.3 is 20.1 Å². The molecule has 1 aromatic rings. The fourth-order valence-electron chi connectivity index (χ4n) is 2.38. The molecule has 1 fully saturated rings. The van der Waals surface area contributed by atoms with Crippen molar-refractivity contribution in [2.24, 2.45) is 0 Å². The zero-order valence-electron chi connectivity index (χ0n) is 15.1. The van der Waals surface area contributed by atoms with E-state index in [0.29, 0.717) is 56.0 Å². The summed E-state index contributed by atoms with van der Waals surface area (Å²) in [4.78, 5) is 0.188. The molecule has 0 unspecified atom stereocenters. The van der Waals surface area contributed by atoms with Crippen molar-refractivity contribution in [3.05, 3.63) is 30.4 Å². The highest BCUT2D eigenvalue weighted by Crippen LogP contribution is 2.29. The minimum absolute atomic E-state index is 0.188. The summed E-state index contributed by atoms with van der Waals surface area (Å²) >= 11 is 5.26. The second-order valence-electron chi connectivity index (χ2n) is 5.87. The van der Waals surface area contributed by atoms with Crippen LogP contribution in [0.3, 0.4) is 0 Å². The van der Waals surface area contributed by atoms with E-state index in [2.05, 4.69) is 17.2 Å². The molecule has 1 heterocycles. The maximum Gasteiger partial charge on any atom is 0.243 e. The van der Waals surface area contributed by atoms with Gasteiger partial charge >= 0.3 is 0 Å². The highest BCUT2D eigenvalue weighted by atomic mass is 32.2. The summed E-state index contributed by atoms with van der Waals surface area (Å²) in [5.74, 6) is 0.535. The number of nitrogens with zero attached hydrogens (tertiary/aromatic N) is 1. The molecule has 0 aromatic heterocycles. The first kappa shape index (κ1) is 20.6. The standard InChI is InChI=1S/C17H25N3O4S2/c1-4-24-16-6-5-14(26(21,22)20-7-9-23-10-8-20)11-15(16)19-17(25)18-12-13(2)3/h5-6,11H,2,4,7-10,12H2,1,3H3,(H2,18,19,25). The molecule has 26 heavy (non-hydrogen) atoms. The average molecular weight is 400 g/mol. The fraction of sp³-hybridized carbons (Fsp3) is 0.471. The molecule has 1 aliphatic heterocycles. The van der Waals surface area contributed by atoms with Gasteiger partial charge in [-0.2, -0.15) is 4.31 Å². The molecule has 1 aliphatic rings. The molecule has 0 saturated carbocycles. The summed E-state index contributed by atoms with van der Waals surface area (Å²) in [7, 11) is -3.60. The Kier molecular flexibility index (Phi) is 7.39. The van der Waals surface area contributed by atoms with E-state index in [9.17, 15) is 8.42 Å². The first-order chi connectivity index (χ1) is 12.3. The number of thiocarbonyl (C=S) groups is 1. The number of hydrogen-bond acceptors (Lipinski definition) is 5. The third kappa shape index (κ3) is 5.41. The van der Waals surface area contributed by atoms with E-state index >= 15 is 0 Å². The molecule has 7 nitrogen and oxygen atoms in total. The molecular formula is C17H25N3O4S2. The smallest absolute Gasteiger partial charge is 0.243 e. The fourth-order valence-corrected chi connectivity index (χ4v) is 4.00. The summed E-state index contributed by atoms with van der Waals surface area (Å²) < 4.78 is 37.9. The van der Waals surface area contributed by atoms with Crippen molar-refractivity contribution in [2.45, 2.75) is 18.7 Å². The molecule has 0 atom stereocenters. The van der Waals surface area contributed by atoms with Crippen molar-refractivity contribution in [2.75, 3.05) is 44.8 Å². The van der Waals surface area contributed by atoms with Crippen molar-refractivity contribution in [1.82, 2.24) is 9.62 Å². The van der Waals surface area contributed by atoms with Crippen LogP contribution in [0.1, 0.15) is 13.8 Å². The lowest BCUT2D eigenvalue weighted by molar-refractivity contribution is 0.0730. The number of benzene rings is 1. The van der Waals surface area contributed by atoms with E-state index in [1.807, 2.05) is 13.8 Å². The van der Waals surface area contributed by atoms with Gasteiger partial charge in [0.15, 0.2) is 5.11 Å². The van der Waals surface area contributed by atoms with Crippen molar-refractivity contribution in [3.8, 4) is 5.75 Å². The van der Waals surface area contributed by atoms with Gasteiger partial charge in [0.2, 0.25) is 10.0 Å². The van der Waals surface area contributed by atoms with Gasteiger partial charge in [0.05, 0.1) is 30.4 Å². The average Bonchev–Trinajstić information content (AvgIpc) is 2.62. The molecule has 2 rings (SSSR count). The van der Waals surface area contributed by atoms with E-state index in [4.69, 9.17) is 21.7 Å². The quantitative estimate of drug-likeness (QED) is 0.536. The van der Waals surface area contributed by atoms with Crippen LogP contribution in [0.4, 0.5) is 5.69 Å². The van der Waals surface area contributed by atoms with Crippen molar-refractivity contribution < 1.29 is 17.9 Å². The Labute approximate surface area is 160 Å². The molecule has 1 aromatic carbocycles. The van der Waals surface area contributed by atoms with E-state index in [-0.39, 0.29) is 4.90 Å². The van der Waals surface area contributed by atoms with Crippen molar-refractivity contribution >= 4 is 33.0 Å². The number of hydrogen-bond donors (Lipinski definition) is 2. The van der Waals surface area contributed by atoms with Gasteiger partial charge in [-0.15, -0.1) is 0 Å². The zero-order chi connectivity index (χ0) is 19.2. The topological polar surface area (TPSA) is 79.9 Å². The van der Waals surface area contributed by atoms with Crippen LogP contribution in [0.5, 0.6) is 5.75 Å². The van der Waals surface area contributed by atoms with Gasteiger partial charge in [-0.1, -0.05) is 12.2 Å². The van der Waals surface area contributed by atoms with E-state index in [1.54, 1.807) is 18.2 Å². The molecule has 9 heteroatoms. The van der Waals surface area contributed by atoms with Crippen LogP contribution in [-0.4, -0.2) is 57.3 Å². The molecule has 0 spiro atoms. The Bertz CT molecular complexity index is 759. The Morgan fingerprint density at radius 2 is 2.08 bits per heavy atom. The molecule has 0 aliphatic carbocycles. The second kappa shape index (κ2) is 9.31. The Hall–Kier alpha value is -1.68. The number of nitrogens with one attached hydrogen (secondary N) is 2. The molecule has 0 amide bonds.